The minimum absolute atomic E-state index is 0.0149. The van der Waals surface area contributed by atoms with Crippen molar-refractivity contribution in [3.8, 4) is 0 Å². The number of ketones is 1. The van der Waals surface area contributed by atoms with Crippen molar-refractivity contribution in [2.45, 2.75) is 105 Å². The lowest BCUT2D eigenvalue weighted by molar-refractivity contribution is -0.235. The van der Waals surface area contributed by atoms with Crippen LogP contribution in [0.4, 0.5) is 0 Å². The Labute approximate surface area is 222 Å². The lowest BCUT2D eigenvalue weighted by Crippen LogP contribution is -2.70. The van der Waals surface area contributed by atoms with Gasteiger partial charge < -0.3 is 9.26 Å². The van der Waals surface area contributed by atoms with Crippen molar-refractivity contribution < 1.29 is 18.8 Å². The molecule has 5 heteroatoms. The van der Waals surface area contributed by atoms with Crippen molar-refractivity contribution >= 4 is 11.8 Å². The molecule has 5 aliphatic carbocycles. The van der Waals surface area contributed by atoms with Gasteiger partial charge >= 0.3 is 5.97 Å². The number of hydrogen-bond acceptors (Lipinski definition) is 5. The number of nitrogens with zero attached hydrogens (tertiary/aromatic N) is 1. The van der Waals surface area contributed by atoms with Gasteiger partial charge in [0.15, 0.2) is 0 Å². The fourth-order valence-electron chi connectivity index (χ4n) is 11.8. The number of ether oxygens (including phenoxy) is 1. The van der Waals surface area contributed by atoms with Crippen LogP contribution in [0.15, 0.2) is 10.7 Å². The molecule has 0 aromatic carbocycles. The zero-order valence-corrected chi connectivity index (χ0v) is 24.3. The van der Waals surface area contributed by atoms with Crippen molar-refractivity contribution in [1.29, 1.82) is 0 Å². The molecule has 10 atom stereocenters. The molecule has 1 aromatic heterocycles. The number of methoxy groups -OCH3 is 1. The van der Waals surface area contributed by atoms with E-state index in [2.05, 4.69) is 53.6 Å². The summed E-state index contributed by atoms with van der Waals surface area (Å²) in [5.74, 6) is 3.03. The Hall–Kier alpha value is -1.65. The topological polar surface area (TPSA) is 69.4 Å². The molecule has 0 spiro atoms. The van der Waals surface area contributed by atoms with E-state index in [1.54, 1.807) is 0 Å². The first kappa shape index (κ1) is 25.6. The normalized spacial score (nSPS) is 50.1. The van der Waals surface area contributed by atoms with Gasteiger partial charge in [-0.15, -0.1) is 0 Å². The monoisotopic (exact) mass is 509 g/mol. The second kappa shape index (κ2) is 7.72. The van der Waals surface area contributed by atoms with Crippen LogP contribution in [-0.2, 0) is 26.2 Å². The van der Waals surface area contributed by atoms with Crippen molar-refractivity contribution in [2.75, 3.05) is 7.11 Å². The minimum Gasteiger partial charge on any atom is -0.469 e. The third-order valence-electron chi connectivity index (χ3n) is 13.9. The Morgan fingerprint density at radius 3 is 2.43 bits per heavy atom. The van der Waals surface area contributed by atoms with Gasteiger partial charge in [-0.2, -0.15) is 0 Å². The first-order chi connectivity index (χ1) is 17.3. The molecule has 5 nitrogen and oxygen atoms in total. The van der Waals surface area contributed by atoms with Gasteiger partial charge in [-0.05, 0) is 90.8 Å². The van der Waals surface area contributed by atoms with Gasteiger partial charge in [0.05, 0.1) is 18.7 Å². The van der Waals surface area contributed by atoms with Crippen molar-refractivity contribution in [1.82, 2.24) is 5.16 Å². The molecule has 204 valence electrons. The van der Waals surface area contributed by atoms with Crippen LogP contribution in [0.2, 0.25) is 0 Å². The SMILES string of the molecule is COC(=O)[C@]12CC[C@@H](C)[C@H](C)[C@H]1[C@H]1C(=O)C[C@@H]3[C@@]4(C)Cc5cnoc5C(C)(C)[C@@H]4CC[C@@]3(C)[C@]1(C)CC2. The summed E-state index contributed by atoms with van der Waals surface area (Å²) in [6.45, 7) is 16.7. The van der Waals surface area contributed by atoms with E-state index in [-0.39, 0.29) is 39.5 Å². The van der Waals surface area contributed by atoms with Gasteiger partial charge in [0.1, 0.15) is 11.5 Å². The van der Waals surface area contributed by atoms with Crippen LogP contribution in [0.1, 0.15) is 105 Å². The molecule has 4 saturated carbocycles. The summed E-state index contributed by atoms with van der Waals surface area (Å²) < 4.78 is 11.3. The average molecular weight is 510 g/mol. The number of carbonyl (C=O) groups is 2. The minimum atomic E-state index is -0.505. The molecule has 0 radical (unpaired) electrons. The second-order valence-electron chi connectivity index (χ2n) is 15.3. The standard InChI is InChI=1S/C32H47NO4/c1-18-9-12-32(27(35)36-8)14-13-31(7)25(24(32)19(18)2)21(34)15-23-29(5)16-20-17-33-37-26(20)28(3,4)22(29)10-11-30(23,31)6/h17-19,22-25H,9-16H2,1-8H3/t18-,19+,22+,23-,24+,25-,29+,30-,31-,32+/m1/s1. The summed E-state index contributed by atoms with van der Waals surface area (Å²) in [5, 5.41) is 4.21. The van der Waals surface area contributed by atoms with Crippen molar-refractivity contribution in [2.24, 2.45) is 57.2 Å². The van der Waals surface area contributed by atoms with Crippen LogP contribution < -0.4 is 0 Å². The third kappa shape index (κ3) is 2.90. The summed E-state index contributed by atoms with van der Waals surface area (Å²) >= 11 is 0. The van der Waals surface area contributed by atoms with E-state index < -0.39 is 5.41 Å². The van der Waals surface area contributed by atoms with Crippen LogP contribution in [0.25, 0.3) is 0 Å². The van der Waals surface area contributed by atoms with Crippen molar-refractivity contribution in [3.05, 3.63) is 17.5 Å². The Morgan fingerprint density at radius 2 is 1.73 bits per heavy atom. The molecule has 0 unspecified atom stereocenters. The largest absolute Gasteiger partial charge is 0.469 e. The first-order valence-electron chi connectivity index (χ1n) is 14.8. The zero-order valence-electron chi connectivity index (χ0n) is 24.3. The van der Waals surface area contributed by atoms with Crippen LogP contribution in [0, 0.1) is 57.2 Å². The van der Waals surface area contributed by atoms with E-state index >= 15 is 0 Å². The average Bonchev–Trinajstić information content (AvgIpc) is 3.31. The molecule has 5 aliphatic rings. The van der Waals surface area contributed by atoms with E-state index in [4.69, 9.17) is 9.26 Å². The number of hydrogen-bond donors (Lipinski definition) is 0. The highest BCUT2D eigenvalue weighted by molar-refractivity contribution is 5.87. The van der Waals surface area contributed by atoms with Crippen molar-refractivity contribution in [3.63, 3.8) is 0 Å². The predicted octanol–water partition coefficient (Wildman–Crippen LogP) is 6.78. The highest BCUT2D eigenvalue weighted by atomic mass is 16.5. The molecule has 37 heavy (non-hydrogen) atoms. The molecule has 1 aromatic rings. The predicted molar refractivity (Wildman–Crippen MR) is 142 cm³/mol. The summed E-state index contributed by atoms with van der Waals surface area (Å²) in [6, 6.07) is 0. The first-order valence-corrected chi connectivity index (χ1v) is 14.8. The summed E-state index contributed by atoms with van der Waals surface area (Å²) in [5.41, 5.74) is 0.574. The van der Waals surface area contributed by atoms with Crippen LogP contribution in [-0.4, -0.2) is 24.0 Å². The Balaban J connectivity index is 1.47. The number of Topliss-reactive ketones (excluding diaryl/α,β-unsaturated/α-hetero) is 1. The van der Waals surface area contributed by atoms with E-state index in [0.29, 0.717) is 35.9 Å². The van der Waals surface area contributed by atoms with Crippen LogP contribution in [0.3, 0.4) is 0 Å². The van der Waals surface area contributed by atoms with E-state index in [1.165, 1.54) is 12.7 Å². The Kier molecular flexibility index (Phi) is 5.34. The number of esters is 1. The molecule has 4 fully saturated rings. The molecule has 0 N–H and O–H groups in total. The number of carbonyl (C=O) groups excluding carboxylic acids is 2. The summed E-state index contributed by atoms with van der Waals surface area (Å²) in [4.78, 5) is 28.1. The molecular weight excluding hydrogens is 462 g/mol. The fourth-order valence-corrected chi connectivity index (χ4v) is 11.8. The third-order valence-corrected chi connectivity index (χ3v) is 13.9. The highest BCUT2D eigenvalue weighted by Crippen LogP contribution is 2.76. The lowest BCUT2D eigenvalue weighted by atomic mass is 9.31. The molecular formula is C32H47NO4. The van der Waals surface area contributed by atoms with Gasteiger partial charge in [0.25, 0.3) is 0 Å². The maximum atomic E-state index is 14.6. The van der Waals surface area contributed by atoms with Gasteiger partial charge in [0, 0.05) is 23.3 Å². The van der Waals surface area contributed by atoms with E-state index in [1.807, 2.05) is 6.20 Å². The van der Waals surface area contributed by atoms with Crippen LogP contribution in [0.5, 0.6) is 0 Å². The molecule has 6 rings (SSSR count). The quantitative estimate of drug-likeness (QED) is 0.390. The molecule has 0 aliphatic heterocycles. The molecule has 0 amide bonds. The van der Waals surface area contributed by atoms with Gasteiger partial charge in [-0.3, -0.25) is 9.59 Å². The van der Waals surface area contributed by atoms with Gasteiger partial charge in [-0.1, -0.05) is 53.6 Å². The molecule has 0 saturated heterocycles. The van der Waals surface area contributed by atoms with E-state index in [0.717, 1.165) is 50.7 Å². The Morgan fingerprint density at radius 1 is 1.00 bits per heavy atom. The number of rotatable bonds is 1. The van der Waals surface area contributed by atoms with Crippen LogP contribution >= 0.6 is 0 Å². The smallest absolute Gasteiger partial charge is 0.312 e. The molecule has 0 bridgehead atoms. The lowest BCUT2D eigenvalue weighted by Gasteiger charge is -2.72. The second-order valence-corrected chi connectivity index (χ2v) is 15.3. The summed E-state index contributed by atoms with van der Waals surface area (Å²) in [6.07, 6.45) is 9.47. The fraction of sp³-hybridized carbons (Fsp3) is 0.844. The number of fused-ring (bicyclic) bond motifs is 8. The maximum Gasteiger partial charge on any atom is 0.312 e. The zero-order chi connectivity index (χ0) is 26.8. The van der Waals surface area contributed by atoms with E-state index in [9.17, 15) is 9.59 Å². The van der Waals surface area contributed by atoms with Gasteiger partial charge in [0.2, 0.25) is 0 Å². The van der Waals surface area contributed by atoms with Gasteiger partial charge in [-0.25, -0.2) is 0 Å². The Bertz CT molecular complexity index is 1140. The summed E-state index contributed by atoms with van der Waals surface area (Å²) in [7, 11) is 1.54. The highest BCUT2D eigenvalue weighted by Gasteiger charge is 2.73. The maximum absolute atomic E-state index is 14.6. The molecule has 1 heterocycles. The number of aromatic nitrogens is 1.